The first kappa shape index (κ1) is 24.3. The number of nitrogens with zero attached hydrogens (tertiary/aromatic N) is 2. The van der Waals surface area contributed by atoms with Gasteiger partial charge < -0.3 is 15.2 Å². The molecule has 0 unspecified atom stereocenters. The van der Waals surface area contributed by atoms with E-state index in [0.29, 0.717) is 41.6 Å². The summed E-state index contributed by atoms with van der Waals surface area (Å²) in [6.45, 7) is 4.49. The van der Waals surface area contributed by atoms with E-state index in [1.54, 1.807) is 55.3 Å². The van der Waals surface area contributed by atoms with Gasteiger partial charge in [0.05, 0.1) is 5.56 Å². The Morgan fingerprint density at radius 2 is 1.84 bits per heavy atom. The van der Waals surface area contributed by atoms with Gasteiger partial charge in [-0.2, -0.15) is 0 Å². The van der Waals surface area contributed by atoms with Crippen LogP contribution in [0.5, 0.6) is 5.75 Å². The Hall–Kier alpha value is -2.30. The summed E-state index contributed by atoms with van der Waals surface area (Å²) in [5, 5.41) is 24.9. The van der Waals surface area contributed by atoms with Crippen molar-refractivity contribution in [1.82, 2.24) is 14.9 Å². The van der Waals surface area contributed by atoms with Gasteiger partial charge in [0.15, 0.2) is 5.60 Å². The number of benzene rings is 2. The molecule has 1 saturated heterocycles. The number of amides is 1. The standard InChI is InChI=1S/C22H26ClN3O5S/c1-22(2,31-18-8-6-16(23)7-9-18)21(29)24-17-10-12-25(13-11-17)26(30)32-19-5-3-4-15(14-19)20(27)28/h3-9,14,17,30H,10-13H2,1-2H3,(H,24,29)(H,27,28). The molecule has 0 bridgehead atoms. The Morgan fingerprint density at radius 3 is 2.47 bits per heavy atom. The molecule has 3 rings (SSSR count). The van der Waals surface area contributed by atoms with E-state index in [9.17, 15) is 14.8 Å². The average molecular weight is 480 g/mol. The summed E-state index contributed by atoms with van der Waals surface area (Å²) in [6, 6.07) is 13.2. The molecule has 8 nitrogen and oxygen atoms in total. The molecule has 0 aliphatic carbocycles. The average Bonchev–Trinajstić information content (AvgIpc) is 2.76. The monoisotopic (exact) mass is 479 g/mol. The summed E-state index contributed by atoms with van der Waals surface area (Å²) in [7, 11) is 0. The summed E-state index contributed by atoms with van der Waals surface area (Å²) in [6.07, 6.45) is 1.30. The van der Waals surface area contributed by atoms with E-state index in [2.05, 4.69) is 5.32 Å². The first-order valence-electron chi connectivity index (χ1n) is 10.1. The normalized spacial score (nSPS) is 15.5. The van der Waals surface area contributed by atoms with Crippen molar-refractivity contribution >= 4 is 35.4 Å². The molecule has 0 spiro atoms. The number of nitrogens with one attached hydrogen (secondary N) is 1. The van der Waals surface area contributed by atoms with Crippen molar-refractivity contribution in [3.8, 4) is 5.75 Å². The second-order valence-electron chi connectivity index (χ2n) is 7.94. The Balaban J connectivity index is 1.48. The third kappa shape index (κ3) is 6.60. The minimum atomic E-state index is -1.06. The number of hydrazine groups is 1. The number of piperidine rings is 1. The third-order valence-corrected chi connectivity index (χ3v) is 6.16. The Bertz CT molecular complexity index is 949. The molecule has 32 heavy (non-hydrogen) atoms. The number of rotatable bonds is 8. The van der Waals surface area contributed by atoms with Crippen molar-refractivity contribution in [2.45, 2.75) is 43.2 Å². The Morgan fingerprint density at radius 1 is 1.19 bits per heavy atom. The molecule has 1 aliphatic rings. The summed E-state index contributed by atoms with van der Waals surface area (Å²) in [4.78, 5) is 24.5. The van der Waals surface area contributed by atoms with Gasteiger partial charge in [-0.15, -0.1) is 0 Å². The fraction of sp³-hybridized carbons (Fsp3) is 0.364. The summed E-state index contributed by atoms with van der Waals surface area (Å²) >= 11 is 6.93. The number of carboxylic acid groups (broad SMARTS) is 1. The molecule has 0 aromatic heterocycles. The van der Waals surface area contributed by atoms with Crippen LogP contribution in [0.15, 0.2) is 53.4 Å². The molecule has 1 fully saturated rings. The smallest absolute Gasteiger partial charge is 0.335 e. The van der Waals surface area contributed by atoms with Gasteiger partial charge in [-0.25, -0.2) is 9.80 Å². The summed E-state index contributed by atoms with van der Waals surface area (Å²) in [5.74, 6) is -0.674. The molecule has 1 heterocycles. The molecule has 3 N–H and O–H groups in total. The molecule has 1 amide bonds. The lowest BCUT2D eigenvalue weighted by molar-refractivity contribution is -0.167. The van der Waals surface area contributed by atoms with Gasteiger partial charge >= 0.3 is 5.97 Å². The van der Waals surface area contributed by atoms with Gasteiger partial charge in [0.2, 0.25) is 0 Å². The van der Waals surface area contributed by atoms with Gasteiger partial charge in [-0.05, 0) is 69.2 Å². The first-order valence-corrected chi connectivity index (χ1v) is 11.3. The highest BCUT2D eigenvalue weighted by atomic mass is 35.5. The van der Waals surface area contributed by atoms with E-state index in [1.165, 1.54) is 12.1 Å². The maximum atomic E-state index is 12.8. The number of carbonyl (C=O) groups excluding carboxylic acids is 1. The summed E-state index contributed by atoms with van der Waals surface area (Å²) in [5.41, 5.74) is -0.896. The quantitative estimate of drug-likeness (QED) is 0.384. The van der Waals surface area contributed by atoms with E-state index in [-0.39, 0.29) is 17.5 Å². The maximum Gasteiger partial charge on any atom is 0.335 e. The number of carboxylic acids is 1. The van der Waals surface area contributed by atoms with Crippen LogP contribution in [0.3, 0.4) is 0 Å². The highest BCUT2D eigenvalue weighted by Gasteiger charge is 2.33. The highest BCUT2D eigenvalue weighted by Crippen LogP contribution is 2.26. The fourth-order valence-corrected chi connectivity index (χ4v) is 4.13. The van der Waals surface area contributed by atoms with Crippen LogP contribution in [0.1, 0.15) is 37.0 Å². The van der Waals surface area contributed by atoms with Gasteiger partial charge in [0, 0.05) is 41.0 Å². The topological polar surface area (TPSA) is 102 Å². The molecular formula is C22H26ClN3O5S. The minimum Gasteiger partial charge on any atom is -0.478 e. The SMILES string of the molecule is CC(C)(Oc1ccc(Cl)cc1)C(=O)NC1CCN(N(O)Sc2cccc(C(=O)O)c2)CC1. The second-order valence-corrected chi connectivity index (χ2v) is 9.36. The molecule has 0 saturated carbocycles. The van der Waals surface area contributed by atoms with Crippen LogP contribution in [0.25, 0.3) is 0 Å². The molecule has 172 valence electrons. The van der Waals surface area contributed by atoms with Gasteiger partial charge in [-0.1, -0.05) is 22.2 Å². The zero-order chi connectivity index (χ0) is 23.3. The fourth-order valence-electron chi connectivity index (χ4n) is 3.22. The van der Waals surface area contributed by atoms with Crippen molar-refractivity contribution in [3.05, 3.63) is 59.1 Å². The zero-order valence-corrected chi connectivity index (χ0v) is 19.4. The van der Waals surface area contributed by atoms with Crippen LogP contribution < -0.4 is 10.1 Å². The van der Waals surface area contributed by atoms with Crippen LogP contribution >= 0.6 is 23.5 Å². The van der Waals surface area contributed by atoms with Crippen LogP contribution in [0.2, 0.25) is 5.02 Å². The van der Waals surface area contributed by atoms with Crippen LogP contribution in [0, 0.1) is 0 Å². The van der Waals surface area contributed by atoms with Gasteiger partial charge in [0.1, 0.15) is 5.75 Å². The van der Waals surface area contributed by atoms with E-state index in [4.69, 9.17) is 21.4 Å². The zero-order valence-electron chi connectivity index (χ0n) is 17.8. The van der Waals surface area contributed by atoms with Crippen molar-refractivity contribution < 1.29 is 24.6 Å². The Kier molecular flexibility index (Phi) is 8.02. The van der Waals surface area contributed by atoms with Crippen LogP contribution in [-0.2, 0) is 4.79 Å². The molecule has 0 radical (unpaired) electrons. The largest absolute Gasteiger partial charge is 0.478 e. The third-order valence-electron chi connectivity index (χ3n) is 5.05. The molecule has 10 heteroatoms. The molecule has 2 aromatic carbocycles. The van der Waals surface area contributed by atoms with E-state index in [0.717, 1.165) is 16.5 Å². The van der Waals surface area contributed by atoms with E-state index >= 15 is 0 Å². The molecular weight excluding hydrogens is 454 g/mol. The lowest BCUT2D eigenvalue weighted by Crippen LogP contribution is -2.53. The second kappa shape index (κ2) is 10.5. The number of hydrogen-bond donors (Lipinski definition) is 3. The number of hydrogen-bond acceptors (Lipinski definition) is 7. The number of carbonyl (C=O) groups is 2. The lowest BCUT2D eigenvalue weighted by atomic mass is 10.0. The number of ether oxygens (including phenoxy) is 1. The van der Waals surface area contributed by atoms with Gasteiger partial charge in [0.25, 0.3) is 5.91 Å². The first-order chi connectivity index (χ1) is 15.1. The predicted molar refractivity (Wildman–Crippen MR) is 122 cm³/mol. The van der Waals surface area contributed by atoms with Crippen molar-refractivity contribution in [1.29, 1.82) is 0 Å². The van der Waals surface area contributed by atoms with Crippen LogP contribution in [-0.4, -0.2) is 56.5 Å². The highest BCUT2D eigenvalue weighted by molar-refractivity contribution is 7.96. The molecule has 0 atom stereocenters. The number of halogens is 1. The van der Waals surface area contributed by atoms with Crippen molar-refractivity contribution in [3.63, 3.8) is 0 Å². The predicted octanol–water partition coefficient (Wildman–Crippen LogP) is 4.09. The van der Waals surface area contributed by atoms with Crippen molar-refractivity contribution in [2.75, 3.05) is 13.1 Å². The van der Waals surface area contributed by atoms with Crippen molar-refractivity contribution in [2.24, 2.45) is 0 Å². The Labute approximate surface area is 196 Å². The number of aromatic carboxylic acids is 1. The van der Waals surface area contributed by atoms with Gasteiger partial charge in [-0.3, -0.25) is 10.0 Å². The minimum absolute atomic E-state index is 0.0411. The molecule has 1 aliphatic heterocycles. The maximum absolute atomic E-state index is 12.8. The summed E-state index contributed by atoms with van der Waals surface area (Å²) < 4.78 is 6.86. The molecule has 2 aromatic rings. The van der Waals surface area contributed by atoms with Crippen LogP contribution in [0.4, 0.5) is 0 Å². The van der Waals surface area contributed by atoms with E-state index in [1.807, 2.05) is 0 Å². The van der Waals surface area contributed by atoms with E-state index < -0.39 is 11.6 Å². The lowest BCUT2D eigenvalue weighted by Gasteiger charge is -2.36.